The molecule has 2 rings (SSSR count). The molecule has 0 aromatic heterocycles. The monoisotopic (exact) mass is 280 g/mol. The van der Waals surface area contributed by atoms with E-state index in [1.54, 1.807) is 0 Å². The first-order valence-electron chi connectivity index (χ1n) is 5.55. The van der Waals surface area contributed by atoms with Crippen molar-refractivity contribution < 1.29 is 31.8 Å². The second-order valence-corrected chi connectivity index (χ2v) is 4.10. The van der Waals surface area contributed by atoms with Crippen molar-refractivity contribution in [2.45, 2.75) is 18.4 Å². The highest BCUT2D eigenvalue weighted by Crippen LogP contribution is 2.38. The molecule has 1 aromatic carbocycles. The molecule has 3 nitrogen and oxygen atoms in total. The molecule has 1 heterocycles. The minimum Gasteiger partial charge on any atom is -0.497 e. The molecular weight excluding hydrogens is 268 g/mol. The van der Waals surface area contributed by atoms with Gasteiger partial charge in [0.15, 0.2) is 6.10 Å². The summed E-state index contributed by atoms with van der Waals surface area (Å²) in [5.74, 6) is -0.869. The zero-order valence-electron chi connectivity index (χ0n) is 10.0. The van der Waals surface area contributed by atoms with Gasteiger partial charge in [0.05, 0.1) is 20.3 Å². The molecule has 1 aromatic rings. The quantitative estimate of drug-likeness (QED) is 0.614. The van der Waals surface area contributed by atoms with Crippen LogP contribution < -0.4 is 4.74 Å². The fraction of sp³-hybridized carbons (Fsp3) is 0.500. The van der Waals surface area contributed by atoms with Crippen LogP contribution >= 0.6 is 0 Å². The van der Waals surface area contributed by atoms with Gasteiger partial charge < -0.3 is 14.2 Å². The lowest BCUT2D eigenvalue weighted by molar-refractivity contribution is -0.225. The van der Waals surface area contributed by atoms with Gasteiger partial charge in [-0.15, -0.1) is 0 Å². The van der Waals surface area contributed by atoms with Gasteiger partial charge in [-0.25, -0.2) is 4.39 Å². The number of halogens is 4. The van der Waals surface area contributed by atoms with Gasteiger partial charge >= 0.3 is 6.18 Å². The van der Waals surface area contributed by atoms with Gasteiger partial charge in [-0.05, 0) is 12.1 Å². The van der Waals surface area contributed by atoms with E-state index >= 15 is 0 Å². The van der Waals surface area contributed by atoms with Crippen molar-refractivity contribution in [3.8, 4) is 5.75 Å². The molecule has 1 aliphatic heterocycles. The van der Waals surface area contributed by atoms with Gasteiger partial charge in [0.25, 0.3) is 0 Å². The van der Waals surface area contributed by atoms with Crippen LogP contribution in [0.4, 0.5) is 17.6 Å². The van der Waals surface area contributed by atoms with Crippen molar-refractivity contribution in [2.24, 2.45) is 0 Å². The van der Waals surface area contributed by atoms with Crippen molar-refractivity contribution in [1.82, 2.24) is 0 Å². The molecule has 1 fully saturated rings. The summed E-state index contributed by atoms with van der Waals surface area (Å²) in [5.41, 5.74) is -0.561. The van der Waals surface area contributed by atoms with E-state index in [0.29, 0.717) is 6.61 Å². The molecule has 0 aliphatic carbocycles. The van der Waals surface area contributed by atoms with Crippen LogP contribution in [0.25, 0.3) is 0 Å². The van der Waals surface area contributed by atoms with Crippen molar-refractivity contribution >= 4 is 0 Å². The number of benzene rings is 1. The molecule has 0 bridgehead atoms. The highest BCUT2D eigenvalue weighted by Gasteiger charge is 2.44. The predicted molar refractivity (Wildman–Crippen MR) is 57.4 cm³/mol. The van der Waals surface area contributed by atoms with E-state index in [0.717, 1.165) is 12.1 Å². The van der Waals surface area contributed by atoms with Crippen molar-refractivity contribution in [3.05, 3.63) is 29.6 Å². The fourth-order valence-electron chi connectivity index (χ4n) is 1.58. The number of hydrogen-bond donors (Lipinski definition) is 0. The number of alkyl halides is 3. The Hall–Kier alpha value is -1.34. The molecule has 7 heteroatoms. The SMILES string of the molecule is COc1ccc([C@H](OC[C@H]2CO2)C(F)(F)F)c(F)c1. The average molecular weight is 280 g/mol. The third kappa shape index (κ3) is 3.57. The van der Waals surface area contributed by atoms with Crippen molar-refractivity contribution in [1.29, 1.82) is 0 Å². The highest BCUT2D eigenvalue weighted by atomic mass is 19.4. The first-order valence-corrected chi connectivity index (χ1v) is 5.55. The Labute approximate surface area is 107 Å². The maximum absolute atomic E-state index is 13.7. The molecule has 0 spiro atoms. The van der Waals surface area contributed by atoms with Crippen LogP contribution in [-0.4, -0.2) is 32.6 Å². The maximum atomic E-state index is 13.7. The summed E-state index contributed by atoms with van der Waals surface area (Å²) in [7, 11) is 1.30. The Balaban J connectivity index is 2.20. The number of rotatable bonds is 5. The number of ether oxygens (including phenoxy) is 3. The molecular formula is C12H12F4O3. The molecule has 0 unspecified atom stereocenters. The standard InChI is InChI=1S/C12H12F4O3/c1-17-7-2-3-9(10(13)4-7)11(12(14,15)16)19-6-8-5-18-8/h2-4,8,11H,5-6H2,1H3/t8-,11+/m1/s1. The first-order chi connectivity index (χ1) is 8.91. The Morgan fingerprint density at radius 2 is 2.11 bits per heavy atom. The lowest BCUT2D eigenvalue weighted by atomic mass is 10.1. The van der Waals surface area contributed by atoms with Crippen LogP contribution in [0.15, 0.2) is 18.2 Å². The normalized spacial score (nSPS) is 20.2. The molecule has 0 radical (unpaired) electrons. The zero-order valence-corrected chi connectivity index (χ0v) is 10.0. The van der Waals surface area contributed by atoms with Gasteiger partial charge in [0.1, 0.15) is 17.7 Å². The van der Waals surface area contributed by atoms with Crippen LogP contribution in [0, 0.1) is 5.82 Å². The van der Waals surface area contributed by atoms with E-state index in [4.69, 9.17) is 14.2 Å². The molecule has 1 aliphatic rings. The maximum Gasteiger partial charge on any atom is 0.418 e. The number of epoxide rings is 1. The second kappa shape index (κ2) is 5.34. The summed E-state index contributed by atoms with van der Waals surface area (Å²) in [6.07, 6.45) is -7.32. The van der Waals surface area contributed by atoms with Gasteiger partial charge in [-0.3, -0.25) is 0 Å². The summed E-state index contributed by atoms with van der Waals surface area (Å²) in [4.78, 5) is 0. The van der Waals surface area contributed by atoms with Crippen LogP contribution in [0.1, 0.15) is 11.7 Å². The first kappa shape index (κ1) is 14.1. The average Bonchev–Trinajstić information content (AvgIpc) is 3.13. The fourth-order valence-corrected chi connectivity index (χ4v) is 1.58. The summed E-state index contributed by atoms with van der Waals surface area (Å²) in [6, 6.07) is 3.17. The van der Waals surface area contributed by atoms with E-state index in [9.17, 15) is 17.6 Å². The van der Waals surface area contributed by atoms with Crippen molar-refractivity contribution in [2.75, 3.05) is 20.3 Å². The van der Waals surface area contributed by atoms with E-state index in [1.165, 1.54) is 13.2 Å². The minimum absolute atomic E-state index is 0.146. The summed E-state index contributed by atoms with van der Waals surface area (Å²) < 4.78 is 66.5. The van der Waals surface area contributed by atoms with Crippen LogP contribution in [0.3, 0.4) is 0 Å². The van der Waals surface area contributed by atoms with Gasteiger partial charge in [-0.2, -0.15) is 13.2 Å². The molecule has 0 amide bonds. The number of methoxy groups -OCH3 is 1. The van der Waals surface area contributed by atoms with Crippen molar-refractivity contribution in [3.63, 3.8) is 0 Å². The Bertz CT molecular complexity index is 443. The third-order valence-corrected chi connectivity index (χ3v) is 2.64. The second-order valence-electron chi connectivity index (χ2n) is 4.10. The predicted octanol–water partition coefficient (Wildman–Crippen LogP) is 2.85. The number of hydrogen-bond acceptors (Lipinski definition) is 3. The Kier molecular flexibility index (Phi) is 3.96. The van der Waals surface area contributed by atoms with E-state index in [-0.39, 0.29) is 18.5 Å². The Morgan fingerprint density at radius 3 is 2.58 bits per heavy atom. The highest BCUT2D eigenvalue weighted by molar-refractivity contribution is 5.31. The summed E-state index contributed by atoms with van der Waals surface area (Å²) >= 11 is 0. The van der Waals surface area contributed by atoms with Crippen LogP contribution in [0.2, 0.25) is 0 Å². The minimum atomic E-state index is -4.69. The van der Waals surface area contributed by atoms with Gasteiger partial charge in [0.2, 0.25) is 0 Å². The van der Waals surface area contributed by atoms with Crippen LogP contribution in [-0.2, 0) is 9.47 Å². The lowest BCUT2D eigenvalue weighted by Gasteiger charge is -2.21. The molecule has 106 valence electrons. The van der Waals surface area contributed by atoms with E-state index < -0.39 is 23.7 Å². The molecule has 19 heavy (non-hydrogen) atoms. The third-order valence-electron chi connectivity index (χ3n) is 2.64. The zero-order chi connectivity index (χ0) is 14.0. The van der Waals surface area contributed by atoms with E-state index in [2.05, 4.69) is 0 Å². The topological polar surface area (TPSA) is 31.0 Å². The summed E-state index contributed by atoms with van der Waals surface area (Å²) in [6.45, 7) is 0.158. The molecule has 0 saturated carbocycles. The lowest BCUT2D eigenvalue weighted by Crippen LogP contribution is -2.26. The largest absolute Gasteiger partial charge is 0.497 e. The Morgan fingerprint density at radius 1 is 1.42 bits per heavy atom. The van der Waals surface area contributed by atoms with Gasteiger partial charge in [0, 0.05) is 11.6 Å². The molecule has 0 N–H and O–H groups in total. The molecule has 1 saturated heterocycles. The van der Waals surface area contributed by atoms with Crippen LogP contribution in [0.5, 0.6) is 5.75 Å². The van der Waals surface area contributed by atoms with Gasteiger partial charge in [-0.1, -0.05) is 0 Å². The summed E-state index contributed by atoms with van der Waals surface area (Å²) in [5, 5.41) is 0. The molecule has 2 atom stereocenters. The smallest absolute Gasteiger partial charge is 0.418 e. The van der Waals surface area contributed by atoms with E-state index in [1.807, 2.05) is 0 Å².